The minimum absolute atomic E-state index is 0. The molecule has 3 aromatic rings. The van der Waals surface area contributed by atoms with Crippen LogP contribution in [0.3, 0.4) is 0 Å². The zero-order chi connectivity index (χ0) is 22.0. The number of carbonyl (C=O) groups is 1. The van der Waals surface area contributed by atoms with Crippen LogP contribution in [-0.2, 0) is 11.2 Å². The van der Waals surface area contributed by atoms with E-state index in [1.807, 2.05) is 12.1 Å². The fourth-order valence-electron chi connectivity index (χ4n) is 3.92. The summed E-state index contributed by atoms with van der Waals surface area (Å²) >= 11 is 0. The molecule has 178 valence electrons. The number of benzene rings is 2. The van der Waals surface area contributed by atoms with Crippen molar-refractivity contribution in [1.29, 1.82) is 5.41 Å². The number of furan rings is 1. The van der Waals surface area contributed by atoms with Gasteiger partial charge in [-0.15, -0.1) is 24.8 Å². The van der Waals surface area contributed by atoms with E-state index in [9.17, 15) is 9.90 Å². The lowest BCUT2D eigenvalue weighted by atomic mass is 9.93. The normalized spacial score (nSPS) is 15.8. The fraction of sp³-hybridized carbons (Fsp3) is 0.304. The summed E-state index contributed by atoms with van der Waals surface area (Å²) in [5, 5.41) is 22.2. The molecular formula is C23H27Cl2N3O5. The van der Waals surface area contributed by atoms with Crippen LogP contribution in [0.5, 0.6) is 11.5 Å². The number of ether oxygens (including phenoxy) is 2. The van der Waals surface area contributed by atoms with Gasteiger partial charge in [0, 0.05) is 23.9 Å². The van der Waals surface area contributed by atoms with Crippen LogP contribution in [-0.4, -0.2) is 43.2 Å². The Labute approximate surface area is 203 Å². The van der Waals surface area contributed by atoms with Gasteiger partial charge in [-0.25, -0.2) is 0 Å². The molecule has 0 spiro atoms. The number of nitrogens with two attached hydrogens (primary N) is 1. The number of halogens is 2. The maximum atomic E-state index is 12.1. The summed E-state index contributed by atoms with van der Waals surface area (Å²) in [7, 11) is 1.52. The molecule has 0 bridgehead atoms. The van der Waals surface area contributed by atoms with Crippen molar-refractivity contribution in [2.45, 2.75) is 24.9 Å². The highest BCUT2D eigenvalue weighted by Crippen LogP contribution is 2.35. The van der Waals surface area contributed by atoms with E-state index in [1.165, 1.54) is 13.4 Å². The van der Waals surface area contributed by atoms with Gasteiger partial charge in [0.05, 0.1) is 24.7 Å². The quantitative estimate of drug-likeness (QED) is 0.276. The molecule has 4 rings (SSSR count). The highest BCUT2D eigenvalue weighted by molar-refractivity contribution is 6.02. The lowest BCUT2D eigenvalue weighted by molar-refractivity contribution is -0.138. The lowest BCUT2D eigenvalue weighted by Gasteiger charge is -2.15. The maximum Gasteiger partial charge on any atom is 0.311 e. The SMILES string of the molecule is COc1cc(C(=N)N)cc2coc(CC(C(=O)O)c3ccc(O[C@H]4CCNC4)cc3)c12.Cl.Cl. The Bertz CT molecular complexity index is 1110. The number of amidine groups is 1. The number of hydrogen-bond acceptors (Lipinski definition) is 6. The molecule has 1 aromatic heterocycles. The van der Waals surface area contributed by atoms with Gasteiger partial charge in [0.2, 0.25) is 0 Å². The number of fused-ring (bicyclic) bond motifs is 1. The second-order valence-electron chi connectivity index (χ2n) is 7.61. The third kappa shape index (κ3) is 5.71. The number of rotatable bonds is 8. The van der Waals surface area contributed by atoms with Crippen LogP contribution in [0.4, 0.5) is 0 Å². The average Bonchev–Trinajstić information content (AvgIpc) is 3.41. The van der Waals surface area contributed by atoms with E-state index in [1.54, 1.807) is 24.3 Å². The maximum absolute atomic E-state index is 12.1. The summed E-state index contributed by atoms with van der Waals surface area (Å²) in [6.07, 6.45) is 2.79. The van der Waals surface area contributed by atoms with Crippen molar-refractivity contribution >= 4 is 47.4 Å². The molecule has 1 saturated heterocycles. The summed E-state index contributed by atoms with van der Waals surface area (Å²) in [4.78, 5) is 12.1. The van der Waals surface area contributed by atoms with Crippen molar-refractivity contribution < 1.29 is 23.8 Å². The van der Waals surface area contributed by atoms with E-state index in [0.29, 0.717) is 33.4 Å². The Morgan fingerprint density at radius 1 is 1.30 bits per heavy atom. The van der Waals surface area contributed by atoms with Gasteiger partial charge in [0.25, 0.3) is 0 Å². The van der Waals surface area contributed by atoms with Gasteiger partial charge >= 0.3 is 5.97 Å². The van der Waals surface area contributed by atoms with E-state index in [4.69, 9.17) is 25.0 Å². The lowest BCUT2D eigenvalue weighted by Crippen LogP contribution is -2.19. The molecule has 8 nitrogen and oxygen atoms in total. The number of nitrogen functional groups attached to an aromatic ring is 1. The summed E-state index contributed by atoms with van der Waals surface area (Å²) in [5.41, 5.74) is 6.77. The molecule has 5 N–H and O–H groups in total. The standard InChI is InChI=1S/C23H25N3O5.2ClH/c1-29-19-9-14(22(24)25)8-15-12-30-20(21(15)19)10-18(23(27)28)13-2-4-16(5-3-13)31-17-6-7-26-11-17;;/h2-5,8-9,12,17-18,26H,6-7,10-11H2,1H3,(H3,24,25)(H,27,28);2*1H/t17-,18?;;/m0../s1. The zero-order valence-corrected chi connectivity index (χ0v) is 19.6. The first-order valence-corrected chi connectivity index (χ1v) is 10.1. The van der Waals surface area contributed by atoms with Gasteiger partial charge in [0.15, 0.2) is 0 Å². The molecule has 33 heavy (non-hydrogen) atoms. The van der Waals surface area contributed by atoms with Gasteiger partial charge in [-0.1, -0.05) is 12.1 Å². The molecule has 1 fully saturated rings. The highest BCUT2D eigenvalue weighted by atomic mass is 35.5. The van der Waals surface area contributed by atoms with Crippen molar-refractivity contribution in [2.75, 3.05) is 20.2 Å². The predicted octanol–water partition coefficient (Wildman–Crippen LogP) is 3.72. The molecule has 2 atom stereocenters. The first-order chi connectivity index (χ1) is 15.0. The van der Waals surface area contributed by atoms with Crippen LogP contribution < -0.4 is 20.5 Å². The fourth-order valence-corrected chi connectivity index (χ4v) is 3.92. The third-order valence-electron chi connectivity index (χ3n) is 5.56. The monoisotopic (exact) mass is 495 g/mol. The van der Waals surface area contributed by atoms with Gasteiger partial charge in [0.1, 0.15) is 29.2 Å². The van der Waals surface area contributed by atoms with Gasteiger partial charge in [-0.05, 0) is 42.8 Å². The molecule has 0 radical (unpaired) electrons. The number of carboxylic acids is 1. The summed E-state index contributed by atoms with van der Waals surface area (Å²) in [6.45, 7) is 1.76. The van der Waals surface area contributed by atoms with Gasteiger partial charge in [-0.3, -0.25) is 10.2 Å². The second-order valence-corrected chi connectivity index (χ2v) is 7.61. The number of hydrogen-bond donors (Lipinski definition) is 4. The minimum atomic E-state index is -0.947. The van der Waals surface area contributed by atoms with Crippen LogP contribution in [0, 0.1) is 5.41 Å². The Morgan fingerprint density at radius 2 is 2.03 bits per heavy atom. The van der Waals surface area contributed by atoms with Gasteiger partial charge < -0.3 is 30.0 Å². The average molecular weight is 496 g/mol. The van der Waals surface area contributed by atoms with E-state index < -0.39 is 11.9 Å². The first kappa shape index (κ1) is 26.3. The van der Waals surface area contributed by atoms with E-state index in [2.05, 4.69) is 5.32 Å². The van der Waals surface area contributed by atoms with Crippen LogP contribution in [0.15, 0.2) is 47.1 Å². The summed E-state index contributed by atoms with van der Waals surface area (Å²) in [6, 6.07) is 10.6. The van der Waals surface area contributed by atoms with Crippen molar-refractivity contribution in [2.24, 2.45) is 5.73 Å². The van der Waals surface area contributed by atoms with Crippen molar-refractivity contribution in [1.82, 2.24) is 5.32 Å². The van der Waals surface area contributed by atoms with Crippen molar-refractivity contribution in [3.63, 3.8) is 0 Å². The van der Waals surface area contributed by atoms with Crippen molar-refractivity contribution in [3.05, 3.63) is 59.5 Å². The minimum Gasteiger partial charge on any atom is -0.496 e. The first-order valence-electron chi connectivity index (χ1n) is 10.1. The van der Waals surface area contributed by atoms with Crippen LogP contribution in [0.2, 0.25) is 0 Å². The van der Waals surface area contributed by atoms with Crippen LogP contribution in [0.1, 0.15) is 29.2 Å². The molecule has 1 unspecified atom stereocenters. The molecule has 0 aliphatic carbocycles. The largest absolute Gasteiger partial charge is 0.496 e. The van der Waals surface area contributed by atoms with Crippen molar-refractivity contribution in [3.8, 4) is 11.5 Å². The molecule has 10 heteroatoms. The predicted molar refractivity (Wildman–Crippen MR) is 131 cm³/mol. The molecule has 2 aromatic carbocycles. The third-order valence-corrected chi connectivity index (χ3v) is 5.56. The second kappa shape index (κ2) is 11.3. The molecule has 0 amide bonds. The molecule has 1 aliphatic heterocycles. The molecular weight excluding hydrogens is 469 g/mol. The van der Waals surface area contributed by atoms with E-state index in [0.717, 1.165) is 25.3 Å². The number of methoxy groups -OCH3 is 1. The van der Waals surface area contributed by atoms with E-state index in [-0.39, 0.29) is 43.2 Å². The Morgan fingerprint density at radius 3 is 2.61 bits per heavy atom. The molecule has 1 aliphatic rings. The zero-order valence-electron chi connectivity index (χ0n) is 18.0. The van der Waals surface area contributed by atoms with Crippen LogP contribution >= 0.6 is 24.8 Å². The smallest absolute Gasteiger partial charge is 0.311 e. The van der Waals surface area contributed by atoms with Gasteiger partial charge in [-0.2, -0.15) is 0 Å². The Hall–Kier alpha value is -2.94. The topological polar surface area (TPSA) is 131 Å². The summed E-state index contributed by atoms with van der Waals surface area (Å²) < 4.78 is 17.1. The Balaban J connectivity index is 0.00000193. The number of aliphatic carboxylic acids is 1. The molecule has 0 saturated carbocycles. The van der Waals surface area contributed by atoms with Crippen LogP contribution in [0.25, 0.3) is 10.8 Å². The highest BCUT2D eigenvalue weighted by Gasteiger charge is 2.25. The Kier molecular flexibility index (Phi) is 8.99. The number of nitrogens with one attached hydrogen (secondary N) is 2. The number of carboxylic acid groups (broad SMARTS) is 1. The molecule has 2 heterocycles. The summed E-state index contributed by atoms with van der Waals surface area (Å²) in [5.74, 6) is -0.104. The van der Waals surface area contributed by atoms with E-state index >= 15 is 0 Å².